The van der Waals surface area contributed by atoms with E-state index in [-0.39, 0.29) is 18.6 Å². The number of methoxy groups -OCH3 is 1. The van der Waals surface area contributed by atoms with Crippen LogP contribution in [0.3, 0.4) is 0 Å². The van der Waals surface area contributed by atoms with E-state index >= 15 is 0 Å². The molecular formula is C21H27N3O3S. The number of hydrogen-bond acceptors (Lipinski definition) is 6. The molecule has 0 saturated carbocycles. The number of ether oxygens (including phenoxy) is 2. The molecule has 0 bridgehead atoms. The minimum Gasteiger partial charge on any atom is -0.497 e. The highest BCUT2D eigenvalue weighted by Crippen LogP contribution is 2.45. The Morgan fingerprint density at radius 3 is 2.75 bits per heavy atom. The van der Waals surface area contributed by atoms with Gasteiger partial charge in [-0.3, -0.25) is 9.69 Å². The number of hydrogen-bond donors (Lipinski definition) is 0. The van der Waals surface area contributed by atoms with Crippen molar-refractivity contribution in [1.29, 1.82) is 0 Å². The fraction of sp³-hybridized carbons (Fsp3) is 0.524. The summed E-state index contributed by atoms with van der Waals surface area (Å²) >= 11 is 1.50. The van der Waals surface area contributed by atoms with Gasteiger partial charge in [0.15, 0.2) is 0 Å². The van der Waals surface area contributed by atoms with E-state index in [1.165, 1.54) is 22.7 Å². The first-order chi connectivity index (χ1) is 13.7. The molecule has 0 spiro atoms. The van der Waals surface area contributed by atoms with Crippen LogP contribution in [-0.4, -0.2) is 60.0 Å². The second-order valence-corrected chi connectivity index (χ2v) is 8.21. The minimum absolute atomic E-state index is 0.0886. The molecule has 6 nitrogen and oxygen atoms in total. The molecule has 0 N–H and O–H groups in total. The van der Waals surface area contributed by atoms with Gasteiger partial charge in [0.1, 0.15) is 12.4 Å². The van der Waals surface area contributed by atoms with Crippen LogP contribution in [0.5, 0.6) is 5.75 Å². The first-order valence-electron chi connectivity index (χ1n) is 9.81. The lowest BCUT2D eigenvalue weighted by molar-refractivity contribution is -0.137. The molecular weight excluding hydrogens is 374 g/mol. The molecule has 28 heavy (non-hydrogen) atoms. The summed E-state index contributed by atoms with van der Waals surface area (Å²) in [5.41, 5.74) is 2.45. The molecule has 3 atom stereocenters. The van der Waals surface area contributed by atoms with Gasteiger partial charge in [-0.1, -0.05) is 12.1 Å². The summed E-state index contributed by atoms with van der Waals surface area (Å²) in [6, 6.07) is 8.25. The SMILES string of the molecule is CCOCC(=O)N1C[C@@H]2CN(Cc3cnsc3)C[C@@H]2[C@@H]1c1ccc(OC)cc1. The summed E-state index contributed by atoms with van der Waals surface area (Å²) in [6.45, 7) is 6.39. The van der Waals surface area contributed by atoms with E-state index < -0.39 is 0 Å². The number of rotatable bonds is 7. The van der Waals surface area contributed by atoms with E-state index in [1.54, 1.807) is 7.11 Å². The second-order valence-electron chi connectivity index (χ2n) is 7.55. The van der Waals surface area contributed by atoms with Crippen LogP contribution in [0.25, 0.3) is 0 Å². The number of amides is 1. The topological polar surface area (TPSA) is 54.9 Å². The van der Waals surface area contributed by atoms with Gasteiger partial charge in [-0.25, -0.2) is 4.37 Å². The number of carbonyl (C=O) groups excluding carboxylic acids is 1. The lowest BCUT2D eigenvalue weighted by Gasteiger charge is -2.30. The summed E-state index contributed by atoms with van der Waals surface area (Å²) in [5.74, 6) is 1.85. The monoisotopic (exact) mass is 401 g/mol. The number of nitrogens with zero attached hydrogens (tertiary/aromatic N) is 3. The molecule has 2 aliphatic rings. The first kappa shape index (κ1) is 19.4. The van der Waals surface area contributed by atoms with E-state index in [9.17, 15) is 4.79 Å². The Bertz CT molecular complexity index is 781. The van der Waals surface area contributed by atoms with Crippen molar-refractivity contribution in [3.05, 3.63) is 47.0 Å². The minimum atomic E-state index is 0.0886. The number of aromatic nitrogens is 1. The third-order valence-corrected chi connectivity index (χ3v) is 6.47. The van der Waals surface area contributed by atoms with E-state index in [0.717, 1.165) is 31.9 Å². The highest BCUT2D eigenvalue weighted by atomic mass is 32.1. The Kier molecular flexibility index (Phi) is 5.94. The zero-order chi connectivity index (χ0) is 19.5. The van der Waals surface area contributed by atoms with Crippen molar-refractivity contribution in [2.75, 3.05) is 40.0 Å². The van der Waals surface area contributed by atoms with Gasteiger partial charge >= 0.3 is 0 Å². The summed E-state index contributed by atoms with van der Waals surface area (Å²) in [7, 11) is 1.67. The smallest absolute Gasteiger partial charge is 0.249 e. The molecule has 7 heteroatoms. The Morgan fingerprint density at radius 2 is 2.07 bits per heavy atom. The maximum atomic E-state index is 12.8. The van der Waals surface area contributed by atoms with E-state index in [2.05, 4.69) is 26.8 Å². The summed E-state index contributed by atoms with van der Waals surface area (Å²) < 4.78 is 14.9. The summed E-state index contributed by atoms with van der Waals surface area (Å²) in [6.07, 6.45) is 1.96. The third-order valence-electron chi connectivity index (χ3n) is 5.84. The van der Waals surface area contributed by atoms with Gasteiger partial charge in [-0.2, -0.15) is 0 Å². The molecule has 150 valence electrons. The van der Waals surface area contributed by atoms with Crippen LogP contribution in [0.4, 0.5) is 0 Å². The molecule has 3 heterocycles. The van der Waals surface area contributed by atoms with E-state index in [0.29, 0.717) is 18.4 Å². The normalized spacial score (nSPS) is 24.5. The average Bonchev–Trinajstić information content (AvgIpc) is 3.43. The largest absolute Gasteiger partial charge is 0.497 e. The van der Waals surface area contributed by atoms with Gasteiger partial charge < -0.3 is 14.4 Å². The van der Waals surface area contributed by atoms with Gasteiger partial charge in [0.25, 0.3) is 0 Å². The standard InChI is InChI=1S/C21H27N3O3S/c1-3-27-13-20(25)24-11-17-10-23(9-15-8-22-28-14-15)12-19(17)21(24)16-4-6-18(26-2)7-5-16/h4-8,14,17,19,21H,3,9-13H2,1-2H3/t17-,19-,21-/m0/s1. The molecule has 1 aromatic carbocycles. The van der Waals surface area contributed by atoms with Crippen molar-refractivity contribution in [2.45, 2.75) is 19.5 Å². The first-order valence-corrected chi connectivity index (χ1v) is 10.6. The summed E-state index contributed by atoms with van der Waals surface area (Å²) in [4.78, 5) is 17.4. The second kappa shape index (κ2) is 8.59. The van der Waals surface area contributed by atoms with Crippen molar-refractivity contribution in [3.8, 4) is 5.75 Å². The Morgan fingerprint density at radius 1 is 1.25 bits per heavy atom. The molecule has 2 aliphatic heterocycles. The Labute approximate surface area is 170 Å². The lowest BCUT2D eigenvalue weighted by atomic mass is 9.89. The number of fused-ring (bicyclic) bond motifs is 1. The van der Waals surface area contributed by atoms with Crippen LogP contribution in [0, 0.1) is 11.8 Å². The zero-order valence-corrected chi connectivity index (χ0v) is 17.2. The van der Waals surface area contributed by atoms with Gasteiger partial charge in [-0.15, -0.1) is 0 Å². The van der Waals surface area contributed by atoms with Gasteiger partial charge in [-0.05, 0) is 47.6 Å². The number of likely N-dealkylation sites (tertiary alicyclic amines) is 2. The van der Waals surface area contributed by atoms with Crippen molar-refractivity contribution in [1.82, 2.24) is 14.2 Å². The van der Waals surface area contributed by atoms with Crippen LogP contribution in [0.15, 0.2) is 35.8 Å². The van der Waals surface area contributed by atoms with Crippen molar-refractivity contribution in [2.24, 2.45) is 11.8 Å². The molecule has 1 amide bonds. The molecule has 4 rings (SSSR count). The van der Waals surface area contributed by atoms with Crippen molar-refractivity contribution >= 4 is 17.4 Å². The molecule has 0 aliphatic carbocycles. The predicted octanol–water partition coefficient (Wildman–Crippen LogP) is 2.82. The predicted molar refractivity (Wildman–Crippen MR) is 108 cm³/mol. The molecule has 2 fully saturated rings. The Hall–Kier alpha value is -1.96. The van der Waals surface area contributed by atoms with Crippen LogP contribution in [0.1, 0.15) is 24.1 Å². The highest BCUT2D eigenvalue weighted by Gasteiger charge is 2.48. The number of carbonyl (C=O) groups is 1. The van der Waals surface area contributed by atoms with Crippen LogP contribution < -0.4 is 4.74 Å². The van der Waals surface area contributed by atoms with Gasteiger partial charge in [0, 0.05) is 50.3 Å². The van der Waals surface area contributed by atoms with E-state index in [1.807, 2.05) is 30.2 Å². The molecule has 0 unspecified atom stereocenters. The highest BCUT2D eigenvalue weighted by molar-refractivity contribution is 7.03. The summed E-state index contributed by atoms with van der Waals surface area (Å²) in [5, 5.41) is 2.12. The average molecular weight is 402 g/mol. The zero-order valence-electron chi connectivity index (χ0n) is 16.4. The third kappa shape index (κ3) is 3.92. The maximum Gasteiger partial charge on any atom is 0.249 e. The van der Waals surface area contributed by atoms with Crippen molar-refractivity contribution in [3.63, 3.8) is 0 Å². The number of benzene rings is 1. The fourth-order valence-electron chi connectivity index (χ4n) is 4.59. The molecule has 2 saturated heterocycles. The van der Waals surface area contributed by atoms with Crippen molar-refractivity contribution < 1.29 is 14.3 Å². The van der Waals surface area contributed by atoms with Crippen LogP contribution in [0.2, 0.25) is 0 Å². The van der Waals surface area contributed by atoms with Gasteiger partial charge in [0.05, 0.1) is 13.2 Å². The maximum absolute atomic E-state index is 12.8. The van der Waals surface area contributed by atoms with Crippen LogP contribution in [-0.2, 0) is 16.1 Å². The Balaban J connectivity index is 1.54. The molecule has 2 aromatic rings. The molecule has 0 radical (unpaired) electrons. The fourth-order valence-corrected chi connectivity index (χ4v) is 5.11. The van der Waals surface area contributed by atoms with Crippen LogP contribution >= 0.6 is 11.5 Å². The van der Waals surface area contributed by atoms with Gasteiger partial charge in [0.2, 0.25) is 5.91 Å². The molecule has 1 aromatic heterocycles. The quantitative estimate of drug-likeness (QED) is 0.714. The lowest BCUT2D eigenvalue weighted by Crippen LogP contribution is -2.37. The van der Waals surface area contributed by atoms with E-state index in [4.69, 9.17) is 9.47 Å².